The van der Waals surface area contributed by atoms with Crippen LogP contribution in [0.4, 0.5) is 4.79 Å². The molecule has 0 bridgehead atoms. The van der Waals surface area contributed by atoms with Crippen LogP contribution in [0.25, 0.3) is 0 Å². The fourth-order valence-corrected chi connectivity index (χ4v) is 2.51. The Morgan fingerprint density at radius 1 is 1.25 bits per heavy atom. The fourth-order valence-electron chi connectivity index (χ4n) is 2.51. The Labute approximate surface area is 143 Å². The van der Waals surface area contributed by atoms with E-state index in [-0.39, 0.29) is 18.1 Å². The predicted molar refractivity (Wildman–Crippen MR) is 95.1 cm³/mol. The lowest BCUT2D eigenvalue weighted by atomic mass is 10.1. The van der Waals surface area contributed by atoms with Crippen molar-refractivity contribution in [2.24, 2.45) is 0 Å². The quantitative estimate of drug-likeness (QED) is 0.884. The molecule has 0 aliphatic carbocycles. The van der Waals surface area contributed by atoms with Crippen molar-refractivity contribution in [1.82, 2.24) is 15.2 Å². The molecule has 0 aliphatic heterocycles. The zero-order valence-corrected chi connectivity index (χ0v) is 14.7. The summed E-state index contributed by atoms with van der Waals surface area (Å²) in [6, 6.07) is 13.4. The van der Waals surface area contributed by atoms with Crippen molar-refractivity contribution >= 4 is 6.03 Å². The first-order valence-electron chi connectivity index (χ1n) is 8.08. The molecule has 2 rings (SSSR count). The molecule has 2 atom stereocenters. The Bertz CT molecular complexity index is 661. The highest BCUT2D eigenvalue weighted by Gasteiger charge is 2.19. The first kappa shape index (κ1) is 17.8. The van der Waals surface area contributed by atoms with Crippen molar-refractivity contribution in [2.75, 3.05) is 14.2 Å². The Balaban J connectivity index is 1.93. The number of urea groups is 1. The van der Waals surface area contributed by atoms with Crippen molar-refractivity contribution in [3.05, 3.63) is 59.9 Å². The van der Waals surface area contributed by atoms with Crippen molar-refractivity contribution < 1.29 is 9.53 Å². The summed E-state index contributed by atoms with van der Waals surface area (Å²) in [6.07, 6.45) is 2.48. The second-order valence-electron chi connectivity index (χ2n) is 5.95. The molecule has 1 aromatic heterocycles. The molecule has 0 saturated heterocycles. The highest BCUT2D eigenvalue weighted by Crippen LogP contribution is 2.17. The Morgan fingerprint density at radius 2 is 2.04 bits per heavy atom. The summed E-state index contributed by atoms with van der Waals surface area (Å²) in [7, 11) is 3.44. The SMILES string of the molecule is COc1cccc(CC(C)NC(=O)N(C)C(C)c2ccccn2)c1. The van der Waals surface area contributed by atoms with Gasteiger partial charge in [0.05, 0.1) is 18.8 Å². The van der Waals surface area contributed by atoms with Crippen LogP contribution in [-0.4, -0.2) is 36.1 Å². The van der Waals surface area contributed by atoms with Gasteiger partial charge in [-0.05, 0) is 50.1 Å². The molecule has 5 nitrogen and oxygen atoms in total. The molecule has 24 heavy (non-hydrogen) atoms. The average molecular weight is 327 g/mol. The molecule has 0 saturated carbocycles. The number of carbonyl (C=O) groups is 1. The van der Waals surface area contributed by atoms with E-state index < -0.39 is 0 Å². The molecule has 1 N–H and O–H groups in total. The third kappa shape index (κ3) is 4.72. The van der Waals surface area contributed by atoms with Gasteiger partial charge in [-0.15, -0.1) is 0 Å². The third-order valence-corrected chi connectivity index (χ3v) is 4.06. The van der Waals surface area contributed by atoms with Gasteiger partial charge >= 0.3 is 6.03 Å². The van der Waals surface area contributed by atoms with Crippen molar-refractivity contribution in [3.8, 4) is 5.75 Å². The van der Waals surface area contributed by atoms with E-state index in [1.54, 1.807) is 25.3 Å². The van der Waals surface area contributed by atoms with Crippen LogP contribution >= 0.6 is 0 Å². The van der Waals surface area contributed by atoms with E-state index in [1.807, 2.05) is 56.3 Å². The Morgan fingerprint density at radius 3 is 2.71 bits per heavy atom. The number of benzene rings is 1. The van der Waals surface area contributed by atoms with Gasteiger partial charge in [-0.3, -0.25) is 4.98 Å². The van der Waals surface area contributed by atoms with Gasteiger partial charge < -0.3 is 15.0 Å². The number of ether oxygens (including phenoxy) is 1. The topological polar surface area (TPSA) is 54.5 Å². The van der Waals surface area contributed by atoms with E-state index in [0.717, 1.165) is 23.4 Å². The Hall–Kier alpha value is -2.56. The average Bonchev–Trinajstić information content (AvgIpc) is 2.61. The molecule has 0 radical (unpaired) electrons. The summed E-state index contributed by atoms with van der Waals surface area (Å²) in [4.78, 5) is 18.4. The lowest BCUT2D eigenvalue weighted by Crippen LogP contribution is -2.43. The van der Waals surface area contributed by atoms with Crippen LogP contribution in [0.15, 0.2) is 48.7 Å². The lowest BCUT2D eigenvalue weighted by molar-refractivity contribution is 0.190. The number of carbonyl (C=O) groups excluding carboxylic acids is 1. The number of nitrogens with one attached hydrogen (secondary N) is 1. The molecule has 5 heteroatoms. The largest absolute Gasteiger partial charge is 0.497 e. The molecular weight excluding hydrogens is 302 g/mol. The number of aromatic nitrogens is 1. The smallest absolute Gasteiger partial charge is 0.317 e. The maximum Gasteiger partial charge on any atom is 0.317 e. The minimum absolute atomic E-state index is 0.0167. The van der Waals surface area contributed by atoms with E-state index in [4.69, 9.17) is 4.74 Å². The van der Waals surface area contributed by atoms with Crippen LogP contribution in [0.1, 0.15) is 31.1 Å². The van der Waals surface area contributed by atoms with Gasteiger partial charge in [0.2, 0.25) is 0 Å². The molecule has 1 aromatic carbocycles. The zero-order chi connectivity index (χ0) is 17.5. The number of rotatable bonds is 6. The standard InChI is InChI=1S/C19H25N3O2/c1-14(12-16-8-7-9-17(13-16)24-4)21-19(23)22(3)15(2)18-10-5-6-11-20-18/h5-11,13-15H,12H2,1-4H3,(H,21,23). The van der Waals surface area contributed by atoms with E-state index in [0.29, 0.717) is 0 Å². The highest BCUT2D eigenvalue weighted by molar-refractivity contribution is 5.74. The van der Waals surface area contributed by atoms with Crippen LogP contribution in [0.3, 0.4) is 0 Å². The van der Waals surface area contributed by atoms with Gasteiger partial charge in [0.15, 0.2) is 0 Å². The second kappa shape index (κ2) is 8.34. The fraction of sp³-hybridized carbons (Fsp3) is 0.368. The van der Waals surface area contributed by atoms with Gasteiger partial charge in [0, 0.05) is 19.3 Å². The van der Waals surface area contributed by atoms with Crippen molar-refractivity contribution in [2.45, 2.75) is 32.4 Å². The summed E-state index contributed by atoms with van der Waals surface area (Å²) in [5.74, 6) is 0.826. The highest BCUT2D eigenvalue weighted by atomic mass is 16.5. The monoisotopic (exact) mass is 327 g/mol. The van der Waals surface area contributed by atoms with Crippen molar-refractivity contribution in [1.29, 1.82) is 0 Å². The molecule has 0 aliphatic rings. The summed E-state index contributed by atoms with van der Waals surface area (Å²) in [5.41, 5.74) is 2.00. The maximum absolute atomic E-state index is 12.4. The van der Waals surface area contributed by atoms with Gasteiger partial charge in [0.25, 0.3) is 0 Å². The van der Waals surface area contributed by atoms with Gasteiger partial charge in [-0.25, -0.2) is 4.79 Å². The molecule has 2 aromatic rings. The first-order valence-corrected chi connectivity index (χ1v) is 8.08. The molecule has 0 fully saturated rings. The molecule has 1 heterocycles. The second-order valence-corrected chi connectivity index (χ2v) is 5.95. The molecule has 2 unspecified atom stereocenters. The van der Waals surface area contributed by atoms with Crippen LogP contribution in [-0.2, 0) is 6.42 Å². The van der Waals surface area contributed by atoms with Crippen LogP contribution in [0, 0.1) is 0 Å². The summed E-state index contributed by atoms with van der Waals surface area (Å²) >= 11 is 0. The van der Waals surface area contributed by atoms with E-state index in [2.05, 4.69) is 10.3 Å². The van der Waals surface area contributed by atoms with Crippen LogP contribution < -0.4 is 10.1 Å². The molecule has 128 valence electrons. The number of amides is 2. The summed E-state index contributed by atoms with van der Waals surface area (Å²) in [6.45, 7) is 3.96. The first-order chi connectivity index (χ1) is 11.5. The maximum atomic E-state index is 12.4. The molecule has 0 spiro atoms. The minimum Gasteiger partial charge on any atom is -0.497 e. The minimum atomic E-state index is -0.108. The predicted octanol–water partition coefficient (Wildman–Crippen LogP) is 3.42. The molecule has 2 amide bonds. The van der Waals surface area contributed by atoms with Crippen LogP contribution in [0.5, 0.6) is 5.75 Å². The number of nitrogens with zero attached hydrogens (tertiary/aromatic N) is 2. The molecular formula is C19H25N3O2. The van der Waals surface area contributed by atoms with Gasteiger partial charge in [0.1, 0.15) is 5.75 Å². The zero-order valence-electron chi connectivity index (χ0n) is 14.7. The van der Waals surface area contributed by atoms with E-state index in [9.17, 15) is 4.79 Å². The third-order valence-electron chi connectivity index (χ3n) is 4.06. The normalized spacial score (nSPS) is 13.0. The lowest BCUT2D eigenvalue weighted by Gasteiger charge is -2.26. The number of hydrogen-bond acceptors (Lipinski definition) is 3. The van der Waals surface area contributed by atoms with E-state index >= 15 is 0 Å². The number of methoxy groups -OCH3 is 1. The van der Waals surface area contributed by atoms with Gasteiger partial charge in [-0.1, -0.05) is 18.2 Å². The summed E-state index contributed by atoms with van der Waals surface area (Å²) < 4.78 is 5.23. The number of hydrogen-bond donors (Lipinski definition) is 1. The van der Waals surface area contributed by atoms with Gasteiger partial charge in [-0.2, -0.15) is 0 Å². The number of pyridine rings is 1. The summed E-state index contributed by atoms with van der Waals surface area (Å²) in [5, 5.41) is 3.03. The van der Waals surface area contributed by atoms with Crippen LogP contribution in [0.2, 0.25) is 0 Å². The van der Waals surface area contributed by atoms with Crippen molar-refractivity contribution in [3.63, 3.8) is 0 Å². The van der Waals surface area contributed by atoms with E-state index in [1.165, 1.54) is 0 Å². The Kier molecular flexibility index (Phi) is 6.18.